The van der Waals surface area contributed by atoms with Crippen molar-refractivity contribution in [1.29, 1.82) is 0 Å². The molecule has 3 aliphatic rings. The number of hydrogen-bond donors (Lipinski definition) is 0. The lowest BCUT2D eigenvalue weighted by Gasteiger charge is -2.44. The summed E-state index contributed by atoms with van der Waals surface area (Å²) in [7, 11) is 0. The van der Waals surface area contributed by atoms with Crippen LogP contribution < -0.4 is 4.90 Å². The van der Waals surface area contributed by atoms with Gasteiger partial charge < -0.3 is 14.4 Å². The predicted molar refractivity (Wildman–Crippen MR) is 110 cm³/mol. The molecule has 4 rings (SSSR count). The summed E-state index contributed by atoms with van der Waals surface area (Å²) < 4.78 is 12.9. The highest BCUT2D eigenvalue weighted by atomic mass is 16.6. The number of hydrogen-bond acceptors (Lipinski definition) is 4. The maximum Gasteiger partial charge on any atom is 0.0966 e. The van der Waals surface area contributed by atoms with Crippen LogP contribution in [-0.4, -0.2) is 62.0 Å². The van der Waals surface area contributed by atoms with E-state index < -0.39 is 0 Å². The van der Waals surface area contributed by atoms with Gasteiger partial charge in [0, 0.05) is 45.0 Å². The molecule has 27 heavy (non-hydrogen) atoms. The number of piperazine rings is 1. The van der Waals surface area contributed by atoms with Crippen LogP contribution in [0.15, 0.2) is 30.3 Å². The maximum absolute atomic E-state index is 6.58. The average Bonchev–Trinajstić information content (AvgIpc) is 3.48. The van der Waals surface area contributed by atoms with E-state index in [0.29, 0.717) is 5.92 Å². The van der Waals surface area contributed by atoms with Crippen molar-refractivity contribution >= 4 is 5.69 Å². The Kier molecular flexibility index (Phi) is 5.77. The standard InChI is InChI=1S/C23H36N2O2/c1-23(2,3)27-22-20(18-9-10-18)11-16-26-21(22)17-24-12-14-25(15-13-24)19-7-5-4-6-8-19/h4-8,18,20-22H,9-17H2,1-3H3/t20-,21+,22+/m0/s1. The van der Waals surface area contributed by atoms with E-state index in [1.807, 2.05) is 0 Å². The first-order valence-corrected chi connectivity index (χ1v) is 10.8. The van der Waals surface area contributed by atoms with Gasteiger partial charge in [-0.25, -0.2) is 0 Å². The van der Waals surface area contributed by atoms with Crippen LogP contribution in [0.4, 0.5) is 5.69 Å². The van der Waals surface area contributed by atoms with Crippen LogP contribution in [0.5, 0.6) is 0 Å². The van der Waals surface area contributed by atoms with Gasteiger partial charge in [0.25, 0.3) is 0 Å². The molecular weight excluding hydrogens is 336 g/mol. The summed E-state index contributed by atoms with van der Waals surface area (Å²) in [4.78, 5) is 5.08. The molecule has 2 heterocycles. The van der Waals surface area contributed by atoms with Crippen LogP contribution >= 0.6 is 0 Å². The lowest BCUT2D eigenvalue weighted by atomic mass is 9.87. The van der Waals surface area contributed by atoms with Gasteiger partial charge in [-0.3, -0.25) is 4.90 Å². The van der Waals surface area contributed by atoms with E-state index >= 15 is 0 Å². The highest BCUT2D eigenvalue weighted by molar-refractivity contribution is 5.46. The first kappa shape index (κ1) is 19.2. The highest BCUT2D eigenvalue weighted by Crippen LogP contribution is 2.44. The minimum absolute atomic E-state index is 0.108. The maximum atomic E-state index is 6.58. The fourth-order valence-corrected chi connectivity index (χ4v) is 4.73. The Morgan fingerprint density at radius 1 is 1.00 bits per heavy atom. The minimum atomic E-state index is -0.108. The smallest absolute Gasteiger partial charge is 0.0966 e. The molecule has 4 nitrogen and oxygen atoms in total. The van der Waals surface area contributed by atoms with Crippen molar-refractivity contribution in [2.45, 2.75) is 57.8 Å². The van der Waals surface area contributed by atoms with Crippen LogP contribution in [0, 0.1) is 11.8 Å². The van der Waals surface area contributed by atoms with Crippen molar-refractivity contribution in [1.82, 2.24) is 4.90 Å². The zero-order valence-corrected chi connectivity index (χ0v) is 17.3. The summed E-state index contributed by atoms with van der Waals surface area (Å²) in [5, 5.41) is 0. The third kappa shape index (κ3) is 5.04. The molecule has 150 valence electrons. The van der Waals surface area contributed by atoms with Crippen LogP contribution in [0.1, 0.15) is 40.0 Å². The third-order valence-corrected chi connectivity index (χ3v) is 6.22. The fourth-order valence-electron chi connectivity index (χ4n) is 4.73. The van der Waals surface area contributed by atoms with E-state index in [-0.39, 0.29) is 17.8 Å². The van der Waals surface area contributed by atoms with Crippen molar-refractivity contribution in [2.75, 3.05) is 44.2 Å². The van der Waals surface area contributed by atoms with Crippen LogP contribution in [0.2, 0.25) is 0 Å². The van der Waals surface area contributed by atoms with E-state index in [0.717, 1.165) is 45.2 Å². The summed E-state index contributed by atoms with van der Waals surface area (Å²) >= 11 is 0. The van der Waals surface area contributed by atoms with Gasteiger partial charge in [-0.1, -0.05) is 18.2 Å². The Hall–Kier alpha value is -1.10. The van der Waals surface area contributed by atoms with Crippen LogP contribution in [-0.2, 0) is 9.47 Å². The molecule has 1 aromatic rings. The van der Waals surface area contributed by atoms with Crippen LogP contribution in [0.25, 0.3) is 0 Å². The molecule has 0 amide bonds. The number of benzene rings is 1. The summed E-state index contributed by atoms with van der Waals surface area (Å²) in [6.45, 7) is 12.8. The largest absolute Gasteiger partial charge is 0.374 e. The number of para-hydroxylation sites is 1. The van der Waals surface area contributed by atoms with Crippen molar-refractivity contribution in [3.05, 3.63) is 30.3 Å². The van der Waals surface area contributed by atoms with Gasteiger partial charge in [0.15, 0.2) is 0 Å². The van der Waals surface area contributed by atoms with Gasteiger partial charge >= 0.3 is 0 Å². The van der Waals surface area contributed by atoms with Gasteiger partial charge in [-0.05, 0) is 64.0 Å². The van der Waals surface area contributed by atoms with Crippen molar-refractivity contribution in [2.24, 2.45) is 11.8 Å². The SMILES string of the molecule is CC(C)(C)O[C@H]1[C@@H](CN2CCN(c3ccccc3)CC2)OCC[C@H]1C1CC1. The van der Waals surface area contributed by atoms with E-state index in [4.69, 9.17) is 9.47 Å². The second-order valence-electron chi connectivity index (χ2n) is 9.52. The average molecular weight is 373 g/mol. The first-order valence-electron chi connectivity index (χ1n) is 10.8. The first-order chi connectivity index (χ1) is 13.0. The summed E-state index contributed by atoms with van der Waals surface area (Å²) in [6, 6.07) is 10.8. The van der Waals surface area contributed by atoms with Crippen molar-refractivity contribution in [3.63, 3.8) is 0 Å². The number of rotatable bonds is 5. The fraction of sp³-hybridized carbons (Fsp3) is 0.739. The molecule has 0 radical (unpaired) electrons. The van der Waals surface area contributed by atoms with Gasteiger partial charge in [-0.15, -0.1) is 0 Å². The molecule has 1 aliphatic carbocycles. The number of ether oxygens (including phenoxy) is 2. The number of nitrogens with zero attached hydrogens (tertiary/aromatic N) is 2. The summed E-state index contributed by atoms with van der Waals surface area (Å²) in [6.07, 6.45) is 4.41. The zero-order chi connectivity index (χ0) is 18.9. The quantitative estimate of drug-likeness (QED) is 0.785. The van der Waals surface area contributed by atoms with Gasteiger partial charge in [0.2, 0.25) is 0 Å². The Morgan fingerprint density at radius 2 is 1.70 bits per heavy atom. The monoisotopic (exact) mass is 372 g/mol. The summed E-state index contributed by atoms with van der Waals surface area (Å²) in [5.41, 5.74) is 1.23. The van der Waals surface area contributed by atoms with Crippen molar-refractivity contribution in [3.8, 4) is 0 Å². The molecular formula is C23H36N2O2. The molecule has 0 bridgehead atoms. The molecule has 2 aliphatic heterocycles. The summed E-state index contributed by atoms with van der Waals surface area (Å²) in [5.74, 6) is 1.56. The Balaban J connectivity index is 1.36. The number of anilines is 1. The van der Waals surface area contributed by atoms with Crippen LogP contribution in [0.3, 0.4) is 0 Å². The van der Waals surface area contributed by atoms with Gasteiger partial charge in [0.05, 0.1) is 17.8 Å². The lowest BCUT2D eigenvalue weighted by molar-refractivity contribution is -0.185. The highest BCUT2D eigenvalue weighted by Gasteiger charge is 2.45. The minimum Gasteiger partial charge on any atom is -0.374 e. The van der Waals surface area contributed by atoms with E-state index in [9.17, 15) is 0 Å². The molecule has 3 fully saturated rings. The second-order valence-corrected chi connectivity index (χ2v) is 9.52. The van der Waals surface area contributed by atoms with Gasteiger partial charge in [0.1, 0.15) is 0 Å². The Bertz CT molecular complexity index is 588. The molecule has 0 aromatic heterocycles. The van der Waals surface area contributed by atoms with E-state index in [1.165, 1.54) is 24.9 Å². The zero-order valence-electron chi connectivity index (χ0n) is 17.3. The van der Waals surface area contributed by atoms with E-state index in [1.54, 1.807) is 0 Å². The Morgan fingerprint density at radius 3 is 2.33 bits per heavy atom. The molecule has 0 N–H and O–H groups in total. The molecule has 1 aromatic carbocycles. The molecule has 0 spiro atoms. The molecule has 0 unspecified atom stereocenters. The van der Waals surface area contributed by atoms with E-state index in [2.05, 4.69) is 60.9 Å². The Labute approximate surface area is 164 Å². The van der Waals surface area contributed by atoms with Crippen molar-refractivity contribution < 1.29 is 9.47 Å². The topological polar surface area (TPSA) is 24.9 Å². The lowest BCUT2D eigenvalue weighted by Crippen LogP contribution is -2.55. The molecule has 2 saturated heterocycles. The second kappa shape index (κ2) is 8.10. The molecule has 1 saturated carbocycles. The van der Waals surface area contributed by atoms with Gasteiger partial charge in [-0.2, -0.15) is 0 Å². The normalized spacial score (nSPS) is 30.5. The predicted octanol–water partition coefficient (Wildman–Crippen LogP) is 3.81. The molecule has 4 heteroatoms. The third-order valence-electron chi connectivity index (χ3n) is 6.22. The molecule has 3 atom stereocenters.